The van der Waals surface area contributed by atoms with Crippen LogP contribution in [0.5, 0.6) is 5.75 Å². The molecule has 0 spiro atoms. The van der Waals surface area contributed by atoms with Crippen molar-refractivity contribution in [1.29, 1.82) is 0 Å². The second-order valence-electron chi connectivity index (χ2n) is 7.08. The summed E-state index contributed by atoms with van der Waals surface area (Å²) in [5.74, 6) is 0.984. The van der Waals surface area contributed by atoms with Gasteiger partial charge in [-0.1, -0.05) is 12.1 Å². The van der Waals surface area contributed by atoms with Gasteiger partial charge in [-0.15, -0.1) is 0 Å². The molecule has 178 valence electrons. The molecule has 0 saturated heterocycles. The van der Waals surface area contributed by atoms with E-state index < -0.39 is 11.7 Å². The van der Waals surface area contributed by atoms with E-state index in [9.17, 15) is 18.0 Å². The summed E-state index contributed by atoms with van der Waals surface area (Å²) in [5, 5.41) is 2.73. The van der Waals surface area contributed by atoms with Gasteiger partial charge in [0.05, 0.1) is 12.8 Å². The molecule has 1 aromatic carbocycles. The van der Waals surface area contributed by atoms with Crippen molar-refractivity contribution in [2.45, 2.75) is 20.0 Å². The molecule has 0 fully saturated rings. The number of hydrogen-bond acceptors (Lipinski definition) is 5. The zero-order valence-electron chi connectivity index (χ0n) is 19.2. The summed E-state index contributed by atoms with van der Waals surface area (Å²) in [6.07, 6.45) is 1.43. The number of methoxy groups -OCH3 is 1. The van der Waals surface area contributed by atoms with Gasteiger partial charge in [0.15, 0.2) is 0 Å². The maximum atomic E-state index is 12.3. The molecule has 2 heterocycles. The highest BCUT2D eigenvalue weighted by atomic mass is 19.4. The molecule has 0 aliphatic carbocycles. The van der Waals surface area contributed by atoms with Gasteiger partial charge in [-0.25, -0.2) is 4.98 Å². The maximum Gasteiger partial charge on any atom is 0.412 e. The van der Waals surface area contributed by atoms with E-state index in [2.05, 4.69) is 20.3 Å². The molecular formula is C25H25F3N4O2. The Morgan fingerprint density at radius 3 is 2.38 bits per heavy atom. The lowest BCUT2D eigenvalue weighted by Gasteiger charge is -2.07. The van der Waals surface area contributed by atoms with Crippen LogP contribution in [0.2, 0.25) is 0 Å². The minimum absolute atomic E-state index is 0.203. The molecule has 0 bridgehead atoms. The van der Waals surface area contributed by atoms with Crippen molar-refractivity contribution in [3.63, 3.8) is 0 Å². The molecule has 0 saturated carbocycles. The fourth-order valence-corrected chi connectivity index (χ4v) is 2.57. The first-order valence-electron chi connectivity index (χ1n) is 10.1. The third-order valence-electron chi connectivity index (χ3n) is 4.48. The monoisotopic (exact) mass is 470 g/mol. The Morgan fingerprint density at radius 2 is 1.82 bits per heavy atom. The number of alkyl halides is 3. The standard InChI is InChI=1S/C14H14N2O2.C11H11F3N2/c1-10-6-7-13(15-9-10)16-14(17)11-4-3-5-12(8-11)18-2;1-8(11(12,13)14)6-10(15-2)9-4-3-5-16-7-9/h3-9H,1-2H3,(H,15,16,17);3-7H,1-2H3/b;8-6+,15-10?. The molecule has 1 N–H and O–H groups in total. The second kappa shape index (κ2) is 12.3. The van der Waals surface area contributed by atoms with Crippen LogP contribution in [0.1, 0.15) is 28.4 Å². The van der Waals surface area contributed by atoms with Crippen LogP contribution in [0.4, 0.5) is 19.0 Å². The van der Waals surface area contributed by atoms with E-state index in [-0.39, 0.29) is 11.6 Å². The van der Waals surface area contributed by atoms with Gasteiger partial charge in [0.1, 0.15) is 11.6 Å². The Balaban J connectivity index is 0.000000242. The third kappa shape index (κ3) is 8.16. The molecular weight excluding hydrogens is 445 g/mol. The lowest BCUT2D eigenvalue weighted by atomic mass is 10.1. The van der Waals surface area contributed by atoms with Gasteiger partial charge in [-0.05, 0) is 61.9 Å². The molecule has 1 amide bonds. The first kappa shape index (κ1) is 26.2. The number of halogens is 3. The normalized spacial score (nSPS) is 11.9. The smallest absolute Gasteiger partial charge is 0.412 e. The number of hydrogen-bond donors (Lipinski definition) is 1. The quantitative estimate of drug-likeness (QED) is 0.488. The molecule has 0 unspecified atom stereocenters. The SMILES string of the molecule is CN=C(/C=C(\C)C(F)(F)F)c1cccnc1.COc1cccc(C(=O)Nc2ccc(C)cn2)c1. The van der Waals surface area contributed by atoms with Crippen LogP contribution in [0.25, 0.3) is 0 Å². The number of allylic oxidation sites excluding steroid dienone is 2. The van der Waals surface area contributed by atoms with E-state index in [1.54, 1.807) is 62.0 Å². The first-order valence-corrected chi connectivity index (χ1v) is 10.1. The van der Waals surface area contributed by atoms with Gasteiger partial charge in [0.25, 0.3) is 5.91 Å². The van der Waals surface area contributed by atoms with E-state index in [4.69, 9.17) is 4.74 Å². The lowest BCUT2D eigenvalue weighted by Crippen LogP contribution is -2.12. The van der Waals surface area contributed by atoms with Crippen LogP contribution in [0, 0.1) is 6.92 Å². The van der Waals surface area contributed by atoms with Crippen molar-refractivity contribution < 1.29 is 22.7 Å². The number of rotatable bonds is 5. The van der Waals surface area contributed by atoms with Crippen molar-refractivity contribution in [2.24, 2.45) is 4.99 Å². The fraction of sp³-hybridized carbons (Fsp3) is 0.200. The van der Waals surface area contributed by atoms with Crippen molar-refractivity contribution in [3.8, 4) is 5.75 Å². The predicted octanol–water partition coefficient (Wildman–Crippen LogP) is 5.66. The average molecular weight is 470 g/mol. The van der Waals surface area contributed by atoms with E-state index in [0.717, 1.165) is 18.6 Å². The number of nitrogens with zero attached hydrogens (tertiary/aromatic N) is 3. The Bertz CT molecular complexity index is 1140. The number of aromatic nitrogens is 2. The number of aryl methyl sites for hydroxylation is 1. The van der Waals surface area contributed by atoms with Gasteiger partial charge in [0.2, 0.25) is 0 Å². The van der Waals surface area contributed by atoms with Crippen LogP contribution in [-0.4, -0.2) is 41.9 Å². The molecule has 2 aromatic heterocycles. The third-order valence-corrected chi connectivity index (χ3v) is 4.48. The minimum Gasteiger partial charge on any atom is -0.497 e. The first-order chi connectivity index (χ1) is 16.1. The summed E-state index contributed by atoms with van der Waals surface area (Å²) < 4.78 is 42.0. The summed E-state index contributed by atoms with van der Waals surface area (Å²) in [7, 11) is 3.01. The number of benzene rings is 1. The molecule has 0 aliphatic rings. The summed E-state index contributed by atoms with van der Waals surface area (Å²) in [5.41, 5.74) is 1.74. The van der Waals surface area contributed by atoms with Crippen LogP contribution < -0.4 is 10.1 Å². The highest BCUT2D eigenvalue weighted by Crippen LogP contribution is 2.25. The molecule has 3 rings (SSSR count). The minimum atomic E-state index is -4.32. The number of ether oxygens (including phenoxy) is 1. The summed E-state index contributed by atoms with van der Waals surface area (Å²) >= 11 is 0. The highest BCUT2D eigenvalue weighted by Gasteiger charge is 2.30. The molecule has 0 aliphatic heterocycles. The molecule has 0 atom stereocenters. The Morgan fingerprint density at radius 1 is 1.09 bits per heavy atom. The number of pyridine rings is 2. The van der Waals surface area contributed by atoms with Gasteiger partial charge in [-0.3, -0.25) is 14.8 Å². The molecule has 9 heteroatoms. The maximum absolute atomic E-state index is 12.3. The summed E-state index contributed by atoms with van der Waals surface area (Å²) in [6.45, 7) is 2.96. The highest BCUT2D eigenvalue weighted by molar-refractivity contribution is 6.08. The molecule has 0 radical (unpaired) electrons. The number of carbonyl (C=O) groups is 1. The molecule has 34 heavy (non-hydrogen) atoms. The zero-order chi connectivity index (χ0) is 25.1. The number of amides is 1. The molecule has 6 nitrogen and oxygen atoms in total. The van der Waals surface area contributed by atoms with Crippen molar-refractivity contribution >= 4 is 17.4 Å². The number of nitrogens with one attached hydrogen (secondary N) is 1. The Hall–Kier alpha value is -4.01. The Kier molecular flexibility index (Phi) is 9.49. The van der Waals surface area contributed by atoms with Gasteiger partial charge in [0, 0.05) is 42.3 Å². The van der Waals surface area contributed by atoms with E-state index in [0.29, 0.717) is 22.7 Å². The van der Waals surface area contributed by atoms with Crippen LogP contribution in [-0.2, 0) is 0 Å². The number of aliphatic imine (C=N–C) groups is 1. The Labute approximate surface area is 196 Å². The lowest BCUT2D eigenvalue weighted by molar-refractivity contribution is -0.0912. The fourth-order valence-electron chi connectivity index (χ4n) is 2.57. The second-order valence-corrected chi connectivity index (χ2v) is 7.08. The average Bonchev–Trinajstić information content (AvgIpc) is 2.84. The van der Waals surface area contributed by atoms with Crippen molar-refractivity contribution in [1.82, 2.24) is 9.97 Å². The topological polar surface area (TPSA) is 76.5 Å². The van der Waals surface area contributed by atoms with Crippen LogP contribution in [0.15, 0.2) is 83.8 Å². The largest absolute Gasteiger partial charge is 0.497 e. The van der Waals surface area contributed by atoms with E-state index >= 15 is 0 Å². The predicted molar refractivity (Wildman–Crippen MR) is 126 cm³/mol. The van der Waals surface area contributed by atoms with Gasteiger partial charge >= 0.3 is 6.18 Å². The van der Waals surface area contributed by atoms with E-state index in [1.165, 1.54) is 13.2 Å². The van der Waals surface area contributed by atoms with Crippen LogP contribution >= 0.6 is 0 Å². The van der Waals surface area contributed by atoms with Gasteiger partial charge < -0.3 is 10.1 Å². The van der Waals surface area contributed by atoms with Crippen molar-refractivity contribution in [3.05, 3.63) is 95.5 Å². The summed E-state index contributed by atoms with van der Waals surface area (Å²) in [6, 6.07) is 14.0. The zero-order valence-corrected chi connectivity index (χ0v) is 19.2. The van der Waals surface area contributed by atoms with Crippen molar-refractivity contribution in [2.75, 3.05) is 19.5 Å². The van der Waals surface area contributed by atoms with E-state index in [1.807, 2.05) is 13.0 Å². The summed E-state index contributed by atoms with van der Waals surface area (Å²) in [4.78, 5) is 23.7. The van der Waals surface area contributed by atoms with Gasteiger partial charge in [-0.2, -0.15) is 13.2 Å². The number of carbonyl (C=O) groups excluding carboxylic acids is 1. The number of anilines is 1. The molecule has 3 aromatic rings. The van der Waals surface area contributed by atoms with Crippen LogP contribution in [0.3, 0.4) is 0 Å².